The predicted octanol–water partition coefficient (Wildman–Crippen LogP) is 1.92. The molecule has 1 aromatic carbocycles. The van der Waals surface area contributed by atoms with Gasteiger partial charge in [0.05, 0.1) is 0 Å². The number of hydrogen-bond donors (Lipinski definition) is 1. The Bertz CT molecular complexity index is 340. The van der Waals surface area contributed by atoms with E-state index in [4.69, 9.17) is 5.73 Å². The average molecular weight is 208 g/mol. The Morgan fingerprint density at radius 1 is 1.53 bits per heavy atom. The number of nitrogens with two attached hydrogens (primary N) is 1. The maximum atomic E-state index is 13.0. The molecule has 82 valence electrons. The van der Waals surface area contributed by atoms with E-state index in [1.807, 2.05) is 6.07 Å². The number of likely N-dealkylation sites (tertiary alicyclic amines) is 1. The maximum Gasteiger partial charge on any atom is 0.123 e. The van der Waals surface area contributed by atoms with Crippen LogP contribution in [0.3, 0.4) is 0 Å². The van der Waals surface area contributed by atoms with Gasteiger partial charge in [0.1, 0.15) is 5.82 Å². The molecular formula is C12H17FN2. The van der Waals surface area contributed by atoms with E-state index >= 15 is 0 Å². The fourth-order valence-electron chi connectivity index (χ4n) is 2.14. The fourth-order valence-corrected chi connectivity index (χ4v) is 2.14. The molecular weight excluding hydrogens is 191 g/mol. The zero-order valence-electron chi connectivity index (χ0n) is 8.99. The second-order valence-corrected chi connectivity index (χ2v) is 4.27. The predicted molar refractivity (Wildman–Crippen MR) is 59.0 cm³/mol. The molecule has 2 nitrogen and oxygen atoms in total. The van der Waals surface area contributed by atoms with Crippen LogP contribution in [0.5, 0.6) is 0 Å². The molecule has 0 saturated carbocycles. The third-order valence-electron chi connectivity index (χ3n) is 3.13. The van der Waals surface area contributed by atoms with E-state index in [9.17, 15) is 4.39 Å². The van der Waals surface area contributed by atoms with E-state index < -0.39 is 0 Å². The fraction of sp³-hybridized carbons (Fsp3) is 0.500. The van der Waals surface area contributed by atoms with Gasteiger partial charge in [-0.05, 0) is 31.0 Å². The highest BCUT2D eigenvalue weighted by molar-refractivity contribution is 5.20. The highest BCUT2D eigenvalue weighted by Gasteiger charge is 2.24. The van der Waals surface area contributed by atoms with Crippen molar-refractivity contribution < 1.29 is 4.39 Å². The first-order valence-corrected chi connectivity index (χ1v) is 5.42. The quantitative estimate of drug-likeness (QED) is 0.804. The van der Waals surface area contributed by atoms with Crippen molar-refractivity contribution in [1.29, 1.82) is 0 Å². The molecule has 15 heavy (non-hydrogen) atoms. The molecule has 2 rings (SSSR count). The lowest BCUT2D eigenvalue weighted by molar-refractivity contribution is 0.259. The summed E-state index contributed by atoms with van der Waals surface area (Å²) in [6.07, 6.45) is 1.04. The summed E-state index contributed by atoms with van der Waals surface area (Å²) in [5.74, 6) is -0.164. The summed E-state index contributed by atoms with van der Waals surface area (Å²) in [4.78, 5) is 2.31. The third-order valence-corrected chi connectivity index (χ3v) is 3.13. The van der Waals surface area contributed by atoms with Gasteiger partial charge < -0.3 is 5.73 Å². The first kappa shape index (κ1) is 10.6. The molecule has 1 aromatic rings. The van der Waals surface area contributed by atoms with Crippen LogP contribution in [0.15, 0.2) is 24.3 Å². The van der Waals surface area contributed by atoms with Crippen molar-refractivity contribution >= 4 is 0 Å². The largest absolute Gasteiger partial charge is 0.326 e. The van der Waals surface area contributed by atoms with Crippen molar-refractivity contribution in [3.63, 3.8) is 0 Å². The number of rotatable bonds is 2. The van der Waals surface area contributed by atoms with Gasteiger partial charge >= 0.3 is 0 Å². The Balaban J connectivity index is 2.10. The van der Waals surface area contributed by atoms with Crippen LogP contribution in [0.4, 0.5) is 4.39 Å². The summed E-state index contributed by atoms with van der Waals surface area (Å²) in [5.41, 5.74) is 6.89. The van der Waals surface area contributed by atoms with Crippen LogP contribution in [0.2, 0.25) is 0 Å². The lowest BCUT2D eigenvalue weighted by Gasteiger charge is -2.24. The SMILES string of the molecule is CC(c1cccc(F)c1)N1CCC(N)C1. The van der Waals surface area contributed by atoms with E-state index in [1.54, 1.807) is 12.1 Å². The highest BCUT2D eigenvalue weighted by Crippen LogP contribution is 2.24. The second-order valence-electron chi connectivity index (χ2n) is 4.27. The zero-order chi connectivity index (χ0) is 10.8. The lowest BCUT2D eigenvalue weighted by atomic mass is 10.1. The molecule has 2 unspecified atom stereocenters. The molecule has 0 aromatic heterocycles. The normalized spacial score (nSPS) is 24.3. The number of nitrogens with zero attached hydrogens (tertiary/aromatic N) is 1. The van der Waals surface area contributed by atoms with Crippen LogP contribution < -0.4 is 5.73 Å². The number of hydrogen-bond acceptors (Lipinski definition) is 2. The molecule has 1 aliphatic rings. The first-order chi connectivity index (χ1) is 7.16. The van der Waals surface area contributed by atoms with Crippen LogP contribution in [-0.2, 0) is 0 Å². The molecule has 3 heteroatoms. The summed E-state index contributed by atoms with van der Waals surface area (Å²) in [6, 6.07) is 7.35. The van der Waals surface area contributed by atoms with Crippen molar-refractivity contribution in [2.24, 2.45) is 5.73 Å². The minimum atomic E-state index is -0.164. The Hall–Kier alpha value is -0.930. The summed E-state index contributed by atoms with van der Waals surface area (Å²) < 4.78 is 13.0. The van der Waals surface area contributed by atoms with Crippen molar-refractivity contribution in [1.82, 2.24) is 4.90 Å². The smallest absolute Gasteiger partial charge is 0.123 e. The summed E-state index contributed by atoms with van der Waals surface area (Å²) in [6.45, 7) is 4.03. The molecule has 0 aliphatic carbocycles. The highest BCUT2D eigenvalue weighted by atomic mass is 19.1. The van der Waals surface area contributed by atoms with Gasteiger partial charge in [-0.2, -0.15) is 0 Å². The summed E-state index contributed by atoms with van der Waals surface area (Å²) >= 11 is 0. The Kier molecular flexibility index (Phi) is 3.03. The van der Waals surface area contributed by atoms with Gasteiger partial charge in [0, 0.05) is 25.2 Å². The van der Waals surface area contributed by atoms with Gasteiger partial charge in [0.25, 0.3) is 0 Å². The molecule has 0 radical (unpaired) electrons. The van der Waals surface area contributed by atoms with Gasteiger partial charge in [-0.15, -0.1) is 0 Å². The lowest BCUT2D eigenvalue weighted by Crippen LogP contribution is -2.28. The first-order valence-electron chi connectivity index (χ1n) is 5.42. The zero-order valence-corrected chi connectivity index (χ0v) is 8.99. The van der Waals surface area contributed by atoms with Gasteiger partial charge in [-0.25, -0.2) is 4.39 Å². The Morgan fingerprint density at radius 2 is 2.33 bits per heavy atom. The number of benzene rings is 1. The Morgan fingerprint density at radius 3 is 2.93 bits per heavy atom. The summed E-state index contributed by atoms with van der Waals surface area (Å²) in [5, 5.41) is 0. The Labute approximate surface area is 89.9 Å². The van der Waals surface area contributed by atoms with Crippen molar-refractivity contribution in [3.05, 3.63) is 35.6 Å². The summed E-state index contributed by atoms with van der Waals surface area (Å²) in [7, 11) is 0. The van der Waals surface area contributed by atoms with E-state index in [0.29, 0.717) is 0 Å². The van der Waals surface area contributed by atoms with Gasteiger partial charge in [0.15, 0.2) is 0 Å². The molecule has 1 aliphatic heterocycles. The van der Waals surface area contributed by atoms with E-state index in [-0.39, 0.29) is 17.9 Å². The topological polar surface area (TPSA) is 29.3 Å². The molecule has 1 saturated heterocycles. The molecule has 0 spiro atoms. The van der Waals surface area contributed by atoms with E-state index in [2.05, 4.69) is 11.8 Å². The van der Waals surface area contributed by atoms with Crippen LogP contribution in [0, 0.1) is 5.82 Å². The minimum Gasteiger partial charge on any atom is -0.326 e. The molecule has 2 atom stereocenters. The van der Waals surface area contributed by atoms with Crippen LogP contribution >= 0.6 is 0 Å². The third kappa shape index (κ3) is 2.36. The molecule has 1 heterocycles. The van der Waals surface area contributed by atoms with E-state index in [0.717, 1.165) is 25.1 Å². The van der Waals surface area contributed by atoms with Crippen LogP contribution in [-0.4, -0.2) is 24.0 Å². The second kappa shape index (κ2) is 4.29. The van der Waals surface area contributed by atoms with Crippen LogP contribution in [0.1, 0.15) is 24.9 Å². The van der Waals surface area contributed by atoms with Gasteiger partial charge in [0.2, 0.25) is 0 Å². The van der Waals surface area contributed by atoms with Crippen molar-refractivity contribution in [3.8, 4) is 0 Å². The van der Waals surface area contributed by atoms with E-state index in [1.165, 1.54) is 6.07 Å². The standard InChI is InChI=1S/C12H17FN2/c1-9(15-6-5-12(14)8-15)10-3-2-4-11(13)7-10/h2-4,7,9,12H,5-6,8,14H2,1H3. The minimum absolute atomic E-state index is 0.164. The van der Waals surface area contributed by atoms with Gasteiger partial charge in [-0.1, -0.05) is 12.1 Å². The van der Waals surface area contributed by atoms with Crippen LogP contribution in [0.25, 0.3) is 0 Å². The number of halogens is 1. The molecule has 2 N–H and O–H groups in total. The monoisotopic (exact) mass is 208 g/mol. The molecule has 0 amide bonds. The van der Waals surface area contributed by atoms with Crippen molar-refractivity contribution in [2.75, 3.05) is 13.1 Å². The molecule has 0 bridgehead atoms. The average Bonchev–Trinajstić information content (AvgIpc) is 2.64. The maximum absolute atomic E-state index is 13.0. The van der Waals surface area contributed by atoms with Crippen molar-refractivity contribution in [2.45, 2.75) is 25.4 Å². The van der Waals surface area contributed by atoms with Gasteiger partial charge in [-0.3, -0.25) is 4.90 Å². The molecule has 1 fully saturated rings.